The molecule has 0 atom stereocenters. The molecular weight excluding hydrogens is 284 g/mol. The van der Waals surface area contributed by atoms with Crippen molar-refractivity contribution in [3.63, 3.8) is 0 Å². The smallest absolute Gasteiger partial charge is 0.318 e. The van der Waals surface area contributed by atoms with E-state index in [1.165, 1.54) is 31.3 Å². The van der Waals surface area contributed by atoms with Gasteiger partial charge in [-0.1, -0.05) is 42.1 Å². The maximum Gasteiger partial charge on any atom is 0.318 e. The van der Waals surface area contributed by atoms with Gasteiger partial charge in [0.15, 0.2) is 0 Å². The van der Waals surface area contributed by atoms with Gasteiger partial charge in [-0.2, -0.15) is 0 Å². The van der Waals surface area contributed by atoms with Gasteiger partial charge in [0.25, 0.3) is 0 Å². The van der Waals surface area contributed by atoms with Crippen molar-refractivity contribution in [1.29, 1.82) is 0 Å². The van der Waals surface area contributed by atoms with Gasteiger partial charge in [0.05, 0.1) is 0 Å². The summed E-state index contributed by atoms with van der Waals surface area (Å²) < 4.78 is 0. The van der Waals surface area contributed by atoms with E-state index < -0.39 is 0 Å². The van der Waals surface area contributed by atoms with Crippen molar-refractivity contribution >= 4 is 17.6 Å². The molecule has 1 aliphatic rings. The number of urea groups is 1. The van der Waals surface area contributed by atoms with Gasteiger partial charge >= 0.3 is 6.03 Å². The predicted molar refractivity (Wildman–Crippen MR) is 87.4 cm³/mol. The Labute approximate surface area is 131 Å². The molecule has 0 unspecified atom stereocenters. The zero-order chi connectivity index (χ0) is 15.1. The summed E-state index contributed by atoms with van der Waals surface area (Å²) in [6, 6.07) is 7.56. The third-order valence-electron chi connectivity index (χ3n) is 4.02. The van der Waals surface area contributed by atoms with Crippen LogP contribution in [0.15, 0.2) is 36.0 Å². The van der Waals surface area contributed by atoms with Crippen molar-refractivity contribution in [2.24, 2.45) is 5.92 Å². The molecule has 4 heteroatoms. The Bertz CT molecular complexity index is 507. The van der Waals surface area contributed by atoms with E-state index in [0.717, 1.165) is 17.0 Å². The molecule has 1 fully saturated rings. The molecule has 0 bridgehead atoms. The highest BCUT2D eigenvalue weighted by Gasteiger charge is 2.16. The molecule has 1 saturated carbocycles. The van der Waals surface area contributed by atoms with Crippen LogP contribution in [0.25, 0.3) is 0 Å². The molecule has 0 saturated heterocycles. The lowest BCUT2D eigenvalue weighted by atomic mass is 10.0. The summed E-state index contributed by atoms with van der Waals surface area (Å²) in [5.74, 6) is 0.650. The van der Waals surface area contributed by atoms with Crippen LogP contribution in [-0.2, 0) is 6.42 Å². The molecule has 3 nitrogen and oxygen atoms in total. The zero-order valence-corrected chi connectivity index (χ0v) is 13.2. The van der Waals surface area contributed by atoms with E-state index in [9.17, 15) is 4.79 Å². The summed E-state index contributed by atoms with van der Waals surface area (Å²) in [6.45, 7) is 2.70. The van der Waals surface area contributed by atoms with Crippen molar-refractivity contribution in [3.05, 3.63) is 46.6 Å². The number of amides is 2. The highest BCUT2D eigenvalue weighted by molar-refractivity contribution is 6.30. The van der Waals surface area contributed by atoms with Gasteiger partial charge in [-0.3, -0.25) is 0 Å². The minimum Gasteiger partial charge on any atom is -0.338 e. The monoisotopic (exact) mass is 306 g/mol. The Hall–Kier alpha value is -1.48. The zero-order valence-electron chi connectivity index (χ0n) is 12.5. The molecule has 0 heterocycles. The van der Waals surface area contributed by atoms with Crippen LogP contribution in [0.2, 0.25) is 5.02 Å². The van der Waals surface area contributed by atoms with Crippen LogP contribution in [0.4, 0.5) is 4.79 Å². The quantitative estimate of drug-likeness (QED) is 0.838. The van der Waals surface area contributed by atoms with Crippen molar-refractivity contribution in [2.75, 3.05) is 6.54 Å². The third kappa shape index (κ3) is 5.43. The first-order valence-corrected chi connectivity index (χ1v) is 7.98. The summed E-state index contributed by atoms with van der Waals surface area (Å²) in [5, 5.41) is 6.41. The van der Waals surface area contributed by atoms with Crippen molar-refractivity contribution < 1.29 is 4.79 Å². The van der Waals surface area contributed by atoms with Gasteiger partial charge in [-0.25, -0.2) is 4.79 Å². The number of halogens is 1. The van der Waals surface area contributed by atoms with Crippen LogP contribution in [0.5, 0.6) is 0 Å². The third-order valence-corrected chi connectivity index (χ3v) is 4.25. The Balaban J connectivity index is 1.68. The second-order valence-electron chi connectivity index (χ2n) is 5.65. The molecule has 1 aliphatic carbocycles. The Morgan fingerprint density at radius 3 is 2.86 bits per heavy atom. The standard InChI is InChI=1S/C17H23ClN2O/c1-13(15-6-2-3-7-15)12-20-17(21)19-10-9-14-5-4-8-16(18)11-14/h4-5,8,11-12,15H,2-3,6-7,9-10H2,1H3,(H2,19,20,21)/b13-12+. The minimum absolute atomic E-state index is 0.144. The maximum atomic E-state index is 11.7. The molecule has 0 aromatic heterocycles. The van der Waals surface area contributed by atoms with Gasteiger partial charge in [-0.05, 0) is 49.8 Å². The number of allylic oxidation sites excluding steroid dienone is 1. The second kappa shape index (κ2) is 8.08. The first-order valence-electron chi connectivity index (χ1n) is 7.60. The summed E-state index contributed by atoms with van der Waals surface area (Å²) in [7, 11) is 0. The summed E-state index contributed by atoms with van der Waals surface area (Å²) in [6.07, 6.45) is 7.74. The Morgan fingerprint density at radius 1 is 1.38 bits per heavy atom. The van der Waals surface area contributed by atoms with E-state index in [-0.39, 0.29) is 6.03 Å². The summed E-state index contributed by atoms with van der Waals surface area (Å²) >= 11 is 5.93. The minimum atomic E-state index is -0.144. The normalized spacial score (nSPS) is 16.0. The van der Waals surface area contributed by atoms with Gasteiger partial charge in [0, 0.05) is 17.8 Å². The maximum absolute atomic E-state index is 11.7. The first-order chi connectivity index (χ1) is 10.1. The van der Waals surface area contributed by atoms with Gasteiger partial charge < -0.3 is 10.6 Å². The molecule has 2 rings (SSSR count). The lowest BCUT2D eigenvalue weighted by Crippen LogP contribution is -2.33. The molecule has 114 valence electrons. The molecule has 0 radical (unpaired) electrons. The van der Waals surface area contributed by atoms with E-state index in [4.69, 9.17) is 11.6 Å². The molecular formula is C17H23ClN2O. The fourth-order valence-electron chi connectivity index (χ4n) is 2.74. The summed E-state index contributed by atoms with van der Waals surface area (Å²) in [5.41, 5.74) is 2.40. The lowest BCUT2D eigenvalue weighted by Gasteiger charge is -2.10. The highest BCUT2D eigenvalue weighted by atomic mass is 35.5. The SMILES string of the molecule is C/C(=C\NC(=O)NCCc1cccc(Cl)c1)C1CCCC1. The number of carbonyl (C=O) groups excluding carboxylic acids is 1. The number of hydrogen-bond acceptors (Lipinski definition) is 1. The largest absolute Gasteiger partial charge is 0.338 e. The van der Waals surface area contributed by atoms with E-state index in [1.54, 1.807) is 0 Å². The van der Waals surface area contributed by atoms with Crippen LogP contribution in [0.3, 0.4) is 0 Å². The van der Waals surface area contributed by atoms with Gasteiger partial charge in [0.2, 0.25) is 0 Å². The average molecular weight is 307 g/mol. The molecule has 2 N–H and O–H groups in total. The van der Waals surface area contributed by atoms with Crippen LogP contribution in [0.1, 0.15) is 38.2 Å². The van der Waals surface area contributed by atoms with Crippen LogP contribution < -0.4 is 10.6 Å². The van der Waals surface area contributed by atoms with Crippen molar-refractivity contribution in [2.45, 2.75) is 39.0 Å². The highest BCUT2D eigenvalue weighted by Crippen LogP contribution is 2.30. The number of nitrogens with one attached hydrogen (secondary N) is 2. The van der Waals surface area contributed by atoms with Crippen molar-refractivity contribution in [3.8, 4) is 0 Å². The van der Waals surface area contributed by atoms with E-state index >= 15 is 0 Å². The van der Waals surface area contributed by atoms with Crippen molar-refractivity contribution in [1.82, 2.24) is 10.6 Å². The Morgan fingerprint density at radius 2 is 2.14 bits per heavy atom. The topological polar surface area (TPSA) is 41.1 Å². The molecule has 21 heavy (non-hydrogen) atoms. The number of rotatable bonds is 5. The second-order valence-corrected chi connectivity index (χ2v) is 6.09. The van der Waals surface area contributed by atoms with E-state index in [2.05, 4.69) is 17.6 Å². The predicted octanol–water partition coefficient (Wildman–Crippen LogP) is 4.28. The van der Waals surface area contributed by atoms with Crippen LogP contribution in [0, 0.1) is 5.92 Å². The first kappa shape index (κ1) is 15.9. The van der Waals surface area contributed by atoms with Gasteiger partial charge in [0.1, 0.15) is 0 Å². The number of benzene rings is 1. The Kier molecular flexibility index (Phi) is 6.12. The molecule has 1 aromatic rings. The van der Waals surface area contributed by atoms with Crippen LogP contribution in [-0.4, -0.2) is 12.6 Å². The number of hydrogen-bond donors (Lipinski definition) is 2. The lowest BCUT2D eigenvalue weighted by molar-refractivity contribution is 0.244. The molecule has 2 amide bonds. The fourth-order valence-corrected chi connectivity index (χ4v) is 2.96. The van der Waals surface area contributed by atoms with E-state index in [1.807, 2.05) is 30.5 Å². The fraction of sp³-hybridized carbons (Fsp3) is 0.471. The summed E-state index contributed by atoms with van der Waals surface area (Å²) in [4.78, 5) is 11.7. The van der Waals surface area contributed by atoms with Gasteiger partial charge in [-0.15, -0.1) is 0 Å². The molecule has 1 aromatic carbocycles. The van der Waals surface area contributed by atoms with E-state index in [0.29, 0.717) is 12.5 Å². The number of carbonyl (C=O) groups is 1. The molecule has 0 spiro atoms. The average Bonchev–Trinajstić information content (AvgIpc) is 2.99. The molecule has 0 aliphatic heterocycles. The van der Waals surface area contributed by atoms with Crippen LogP contribution >= 0.6 is 11.6 Å².